The van der Waals surface area contributed by atoms with Gasteiger partial charge in [0.15, 0.2) is 5.84 Å². The van der Waals surface area contributed by atoms with Crippen LogP contribution < -0.4 is 10.5 Å². The van der Waals surface area contributed by atoms with Gasteiger partial charge in [0.05, 0.1) is 6.61 Å². The number of aliphatic hydroxyl groups excluding tert-OH is 1. The predicted molar refractivity (Wildman–Crippen MR) is 56.3 cm³/mol. The number of nitrogens with two attached hydrogens (primary N) is 1. The molecule has 0 spiro atoms. The molecular weight excluding hydrogens is 196 g/mol. The van der Waals surface area contributed by atoms with Crippen LogP contribution in [0.1, 0.15) is 11.1 Å². The van der Waals surface area contributed by atoms with Gasteiger partial charge in [-0.25, -0.2) is 0 Å². The molecule has 5 nitrogen and oxygen atoms in total. The van der Waals surface area contributed by atoms with Gasteiger partial charge in [-0.1, -0.05) is 5.16 Å². The second kappa shape index (κ2) is 5.21. The van der Waals surface area contributed by atoms with E-state index < -0.39 is 0 Å². The van der Waals surface area contributed by atoms with Crippen LogP contribution in [0.15, 0.2) is 23.4 Å². The van der Waals surface area contributed by atoms with E-state index in [9.17, 15) is 0 Å². The molecule has 0 aromatic heterocycles. The molecule has 4 N–H and O–H groups in total. The minimum atomic E-state index is -0.0264. The van der Waals surface area contributed by atoms with Crippen LogP contribution in [0, 0.1) is 6.92 Å². The van der Waals surface area contributed by atoms with Gasteiger partial charge in [-0.05, 0) is 30.7 Å². The third-order valence-electron chi connectivity index (χ3n) is 1.93. The van der Waals surface area contributed by atoms with E-state index in [4.69, 9.17) is 20.8 Å². The molecule has 1 aromatic carbocycles. The van der Waals surface area contributed by atoms with Crippen LogP contribution in [0.2, 0.25) is 0 Å². The van der Waals surface area contributed by atoms with E-state index >= 15 is 0 Å². The average molecular weight is 210 g/mol. The molecule has 0 saturated carbocycles. The Kier molecular flexibility index (Phi) is 3.93. The van der Waals surface area contributed by atoms with Gasteiger partial charge in [-0.15, -0.1) is 0 Å². The van der Waals surface area contributed by atoms with Gasteiger partial charge < -0.3 is 20.8 Å². The van der Waals surface area contributed by atoms with Crippen molar-refractivity contribution in [3.8, 4) is 5.75 Å². The zero-order chi connectivity index (χ0) is 11.3. The van der Waals surface area contributed by atoms with Gasteiger partial charge in [-0.2, -0.15) is 0 Å². The maximum atomic E-state index is 8.60. The Morgan fingerprint density at radius 3 is 2.80 bits per heavy atom. The molecule has 0 atom stereocenters. The van der Waals surface area contributed by atoms with Crippen molar-refractivity contribution < 1.29 is 15.1 Å². The third kappa shape index (κ3) is 2.85. The van der Waals surface area contributed by atoms with Crippen LogP contribution in [-0.2, 0) is 0 Å². The Labute approximate surface area is 87.8 Å². The van der Waals surface area contributed by atoms with E-state index in [0.717, 1.165) is 5.56 Å². The van der Waals surface area contributed by atoms with Crippen molar-refractivity contribution in [1.82, 2.24) is 0 Å². The number of benzene rings is 1. The van der Waals surface area contributed by atoms with Crippen molar-refractivity contribution in [3.05, 3.63) is 29.3 Å². The molecule has 0 unspecified atom stereocenters. The van der Waals surface area contributed by atoms with Gasteiger partial charge in [0.1, 0.15) is 12.4 Å². The van der Waals surface area contributed by atoms with Gasteiger partial charge in [-0.3, -0.25) is 0 Å². The first-order chi connectivity index (χ1) is 7.19. The first kappa shape index (κ1) is 11.3. The second-order valence-electron chi connectivity index (χ2n) is 3.04. The molecule has 15 heavy (non-hydrogen) atoms. The minimum Gasteiger partial charge on any atom is -0.491 e. The number of aliphatic hydroxyl groups is 1. The number of ether oxygens (including phenoxy) is 1. The fourth-order valence-electron chi connectivity index (χ4n) is 1.18. The van der Waals surface area contributed by atoms with Crippen LogP contribution in [-0.4, -0.2) is 29.4 Å². The molecule has 0 heterocycles. The molecule has 1 rings (SSSR count). The summed E-state index contributed by atoms with van der Waals surface area (Å²) in [6.45, 7) is 2.08. The highest BCUT2D eigenvalue weighted by atomic mass is 16.5. The summed E-state index contributed by atoms with van der Waals surface area (Å²) < 4.78 is 5.26. The van der Waals surface area contributed by atoms with Gasteiger partial charge >= 0.3 is 0 Å². The Morgan fingerprint density at radius 2 is 2.27 bits per heavy atom. The lowest BCUT2D eigenvalue weighted by molar-refractivity contribution is 0.200. The number of rotatable bonds is 4. The molecule has 0 radical (unpaired) electrons. The number of hydrogen-bond acceptors (Lipinski definition) is 4. The molecule has 0 aliphatic rings. The highest BCUT2D eigenvalue weighted by Gasteiger charge is 2.03. The molecule has 5 heteroatoms. The molecule has 0 amide bonds. The monoisotopic (exact) mass is 210 g/mol. The fraction of sp³-hybridized carbons (Fsp3) is 0.300. The number of hydrogen-bond donors (Lipinski definition) is 3. The van der Waals surface area contributed by atoms with Gasteiger partial charge in [0, 0.05) is 5.56 Å². The smallest absolute Gasteiger partial charge is 0.170 e. The topological polar surface area (TPSA) is 88.1 Å². The van der Waals surface area contributed by atoms with E-state index in [1.165, 1.54) is 0 Å². The SMILES string of the molecule is Cc1cc(/C(N)=N/O)ccc1OCCO. The van der Waals surface area contributed by atoms with Crippen molar-refractivity contribution >= 4 is 5.84 Å². The van der Waals surface area contributed by atoms with Gasteiger partial charge in [0.2, 0.25) is 0 Å². The number of oxime groups is 1. The lowest BCUT2D eigenvalue weighted by Crippen LogP contribution is -2.13. The summed E-state index contributed by atoms with van der Waals surface area (Å²) in [6, 6.07) is 5.16. The largest absolute Gasteiger partial charge is 0.491 e. The van der Waals surface area contributed by atoms with Crippen molar-refractivity contribution in [3.63, 3.8) is 0 Å². The van der Waals surface area contributed by atoms with Crippen molar-refractivity contribution in [2.75, 3.05) is 13.2 Å². The Bertz CT molecular complexity index is 364. The number of amidine groups is 1. The molecule has 0 fully saturated rings. The van der Waals surface area contributed by atoms with Crippen LogP contribution in [0.25, 0.3) is 0 Å². The van der Waals surface area contributed by atoms with Crippen LogP contribution >= 0.6 is 0 Å². The van der Waals surface area contributed by atoms with E-state index in [0.29, 0.717) is 11.3 Å². The zero-order valence-electron chi connectivity index (χ0n) is 8.47. The maximum Gasteiger partial charge on any atom is 0.170 e. The van der Waals surface area contributed by atoms with Crippen LogP contribution in [0.3, 0.4) is 0 Å². The Hall–Kier alpha value is -1.75. The van der Waals surface area contributed by atoms with E-state index in [2.05, 4.69) is 5.16 Å². The van der Waals surface area contributed by atoms with Crippen LogP contribution in [0.4, 0.5) is 0 Å². The molecule has 0 aliphatic heterocycles. The normalized spacial score (nSPS) is 11.5. The first-order valence-corrected chi connectivity index (χ1v) is 4.51. The summed E-state index contributed by atoms with van der Waals surface area (Å²) in [5, 5.41) is 20.0. The highest BCUT2D eigenvalue weighted by Crippen LogP contribution is 2.18. The Morgan fingerprint density at radius 1 is 1.53 bits per heavy atom. The van der Waals surface area contributed by atoms with Crippen LogP contribution in [0.5, 0.6) is 5.75 Å². The summed E-state index contributed by atoms with van der Waals surface area (Å²) in [5.41, 5.74) is 6.93. The lowest BCUT2D eigenvalue weighted by atomic mass is 10.1. The van der Waals surface area contributed by atoms with E-state index in [1.807, 2.05) is 6.92 Å². The Balaban J connectivity index is 2.88. The van der Waals surface area contributed by atoms with E-state index in [1.54, 1.807) is 18.2 Å². The summed E-state index contributed by atoms with van der Waals surface area (Å²) >= 11 is 0. The summed E-state index contributed by atoms with van der Waals surface area (Å²) in [5.74, 6) is 0.741. The minimum absolute atomic E-state index is 0.0264. The number of aryl methyl sites for hydroxylation is 1. The molecule has 82 valence electrons. The van der Waals surface area contributed by atoms with Crippen molar-refractivity contribution in [2.24, 2.45) is 10.9 Å². The maximum absolute atomic E-state index is 8.60. The zero-order valence-corrected chi connectivity index (χ0v) is 8.47. The predicted octanol–water partition coefficient (Wildman–Crippen LogP) is 0.461. The first-order valence-electron chi connectivity index (χ1n) is 4.51. The number of nitrogens with zero attached hydrogens (tertiary/aromatic N) is 1. The van der Waals surface area contributed by atoms with Crippen molar-refractivity contribution in [1.29, 1.82) is 0 Å². The van der Waals surface area contributed by atoms with Gasteiger partial charge in [0.25, 0.3) is 0 Å². The standard InChI is InChI=1S/C10H14N2O3/c1-7-6-8(10(11)12-14)2-3-9(7)15-5-4-13/h2-3,6,13-14H,4-5H2,1H3,(H2,11,12). The summed E-state index contributed by atoms with van der Waals surface area (Å²) in [6.07, 6.45) is 0. The molecule has 1 aromatic rings. The third-order valence-corrected chi connectivity index (χ3v) is 1.93. The highest BCUT2D eigenvalue weighted by molar-refractivity contribution is 5.97. The average Bonchev–Trinajstić information content (AvgIpc) is 2.26. The van der Waals surface area contributed by atoms with E-state index in [-0.39, 0.29) is 19.0 Å². The quantitative estimate of drug-likeness (QED) is 0.291. The second-order valence-corrected chi connectivity index (χ2v) is 3.04. The molecule has 0 saturated heterocycles. The fourth-order valence-corrected chi connectivity index (χ4v) is 1.18. The lowest BCUT2D eigenvalue weighted by Gasteiger charge is -2.08. The molecule has 0 aliphatic carbocycles. The molecular formula is C10H14N2O3. The summed E-state index contributed by atoms with van der Waals surface area (Å²) in [7, 11) is 0. The molecule has 0 bridgehead atoms. The van der Waals surface area contributed by atoms with Crippen molar-refractivity contribution in [2.45, 2.75) is 6.92 Å². The summed E-state index contributed by atoms with van der Waals surface area (Å²) in [4.78, 5) is 0.